The van der Waals surface area contributed by atoms with E-state index >= 15 is 0 Å². The number of hydrogen-bond acceptors (Lipinski definition) is 4. The minimum Gasteiger partial charge on any atom is -0.242 e. The van der Waals surface area contributed by atoms with Crippen LogP contribution in [0, 0.1) is 11.8 Å². The Morgan fingerprint density at radius 1 is 1.05 bits per heavy atom. The summed E-state index contributed by atoms with van der Waals surface area (Å²) in [6.07, 6.45) is 6.81. The molecule has 1 aliphatic rings. The average Bonchev–Trinajstić information content (AvgIpc) is 2.49. The molecule has 0 N–H and O–H groups in total. The maximum absolute atomic E-state index is 12.1. The van der Waals surface area contributed by atoms with Crippen molar-refractivity contribution in [3.05, 3.63) is 23.3 Å². The Bertz CT molecular complexity index is 454. The summed E-state index contributed by atoms with van der Waals surface area (Å²) in [5, 5.41) is 0. The largest absolute Gasteiger partial charge is 0.382 e. The second-order valence-electron chi connectivity index (χ2n) is 6.61. The van der Waals surface area contributed by atoms with E-state index < -0.39 is 11.9 Å². The van der Waals surface area contributed by atoms with Crippen LogP contribution in [0.15, 0.2) is 23.3 Å². The zero-order chi connectivity index (χ0) is 16.7. The monoisotopic (exact) mass is 308 g/mol. The van der Waals surface area contributed by atoms with E-state index in [0.29, 0.717) is 17.4 Å². The lowest BCUT2D eigenvalue weighted by Crippen LogP contribution is -2.18. The first-order valence-electron chi connectivity index (χ1n) is 8.11. The van der Waals surface area contributed by atoms with Crippen LogP contribution in [0.3, 0.4) is 0 Å². The number of carbonyl (C=O) groups is 2. The molecule has 0 spiro atoms. The molecule has 124 valence electrons. The zero-order valence-electron chi connectivity index (χ0n) is 14.2. The summed E-state index contributed by atoms with van der Waals surface area (Å²) in [5.74, 6) is -0.377. The first-order valence-corrected chi connectivity index (χ1v) is 8.11. The van der Waals surface area contributed by atoms with Gasteiger partial charge in [0.2, 0.25) is 0 Å². The first-order chi connectivity index (χ1) is 10.3. The van der Waals surface area contributed by atoms with Crippen molar-refractivity contribution in [2.45, 2.75) is 66.2 Å². The summed E-state index contributed by atoms with van der Waals surface area (Å²) in [4.78, 5) is 32.6. The lowest BCUT2D eigenvalue weighted by atomic mass is 9.79. The standard InChI is InChI=1S/C18H28O4/c1-12(2)11-16(15-9-7-6-8-10-15)14(5)18(20)22-21-17(19)13(3)4/h12,15H,3,6-11H2,1-2,4-5H3/b16-14+. The number of rotatable bonds is 5. The molecule has 0 radical (unpaired) electrons. The zero-order valence-corrected chi connectivity index (χ0v) is 14.2. The molecule has 0 aromatic rings. The Kier molecular flexibility index (Phi) is 7.36. The molecule has 4 nitrogen and oxygen atoms in total. The molecule has 0 bridgehead atoms. The van der Waals surface area contributed by atoms with Gasteiger partial charge in [-0.1, -0.05) is 45.3 Å². The minimum absolute atomic E-state index is 0.198. The van der Waals surface area contributed by atoms with E-state index in [9.17, 15) is 9.59 Å². The minimum atomic E-state index is -0.718. The van der Waals surface area contributed by atoms with Gasteiger partial charge in [-0.25, -0.2) is 19.4 Å². The molecule has 1 aliphatic carbocycles. The molecule has 0 heterocycles. The van der Waals surface area contributed by atoms with Gasteiger partial charge in [-0.2, -0.15) is 0 Å². The van der Waals surface area contributed by atoms with E-state index in [-0.39, 0.29) is 5.57 Å². The molecule has 0 atom stereocenters. The summed E-state index contributed by atoms with van der Waals surface area (Å²) < 4.78 is 0. The van der Waals surface area contributed by atoms with Crippen molar-refractivity contribution < 1.29 is 19.4 Å². The third kappa shape index (κ3) is 5.66. The van der Waals surface area contributed by atoms with Gasteiger partial charge >= 0.3 is 11.9 Å². The SMILES string of the molecule is C=C(C)C(=O)OOC(=O)/C(C)=C(\CC(C)C)C1CCCCC1. The molecule has 0 saturated heterocycles. The normalized spacial score (nSPS) is 17.0. The van der Waals surface area contributed by atoms with E-state index in [1.165, 1.54) is 26.2 Å². The Morgan fingerprint density at radius 3 is 2.09 bits per heavy atom. The van der Waals surface area contributed by atoms with Crippen LogP contribution in [0.5, 0.6) is 0 Å². The average molecular weight is 308 g/mol. The van der Waals surface area contributed by atoms with Crippen molar-refractivity contribution in [2.24, 2.45) is 11.8 Å². The Hall–Kier alpha value is -1.58. The van der Waals surface area contributed by atoms with E-state index in [0.717, 1.165) is 24.8 Å². The van der Waals surface area contributed by atoms with Gasteiger partial charge in [0.15, 0.2) is 0 Å². The van der Waals surface area contributed by atoms with Gasteiger partial charge in [0, 0.05) is 11.1 Å². The lowest BCUT2D eigenvalue weighted by molar-refractivity contribution is -0.252. The Balaban J connectivity index is 2.82. The van der Waals surface area contributed by atoms with Crippen LogP contribution in [0.1, 0.15) is 66.2 Å². The van der Waals surface area contributed by atoms with Gasteiger partial charge in [-0.05, 0) is 44.9 Å². The molecule has 1 fully saturated rings. The summed E-state index contributed by atoms with van der Waals surface area (Å²) in [5.41, 5.74) is 1.94. The van der Waals surface area contributed by atoms with Crippen molar-refractivity contribution in [1.29, 1.82) is 0 Å². The number of carbonyl (C=O) groups excluding carboxylic acids is 2. The fourth-order valence-electron chi connectivity index (χ4n) is 2.86. The third-order valence-electron chi connectivity index (χ3n) is 4.06. The third-order valence-corrected chi connectivity index (χ3v) is 4.06. The molecule has 22 heavy (non-hydrogen) atoms. The van der Waals surface area contributed by atoms with Crippen LogP contribution in [0.25, 0.3) is 0 Å². The number of hydrogen-bond donors (Lipinski definition) is 0. The highest BCUT2D eigenvalue weighted by atomic mass is 17.2. The first kappa shape index (κ1) is 18.5. The molecular weight excluding hydrogens is 280 g/mol. The fourth-order valence-corrected chi connectivity index (χ4v) is 2.86. The van der Waals surface area contributed by atoms with Crippen LogP contribution in [-0.4, -0.2) is 11.9 Å². The van der Waals surface area contributed by atoms with E-state index in [1.54, 1.807) is 6.92 Å². The second kappa shape index (κ2) is 8.76. The molecule has 4 heteroatoms. The summed E-state index contributed by atoms with van der Waals surface area (Å²) in [6.45, 7) is 11.0. The van der Waals surface area contributed by atoms with Crippen LogP contribution in [-0.2, 0) is 19.4 Å². The molecule has 0 unspecified atom stereocenters. The second-order valence-corrected chi connectivity index (χ2v) is 6.61. The van der Waals surface area contributed by atoms with Crippen LogP contribution in [0.4, 0.5) is 0 Å². The summed E-state index contributed by atoms with van der Waals surface area (Å²) in [7, 11) is 0. The van der Waals surface area contributed by atoms with E-state index in [1.807, 2.05) is 0 Å². The maximum Gasteiger partial charge on any atom is 0.382 e. The van der Waals surface area contributed by atoms with Crippen LogP contribution >= 0.6 is 0 Å². The van der Waals surface area contributed by atoms with Crippen LogP contribution in [0.2, 0.25) is 0 Å². The van der Waals surface area contributed by atoms with Gasteiger partial charge in [0.25, 0.3) is 0 Å². The highest BCUT2D eigenvalue weighted by molar-refractivity contribution is 5.90. The van der Waals surface area contributed by atoms with Gasteiger partial charge in [-0.15, -0.1) is 0 Å². The lowest BCUT2D eigenvalue weighted by Gasteiger charge is -2.27. The van der Waals surface area contributed by atoms with Crippen molar-refractivity contribution in [2.75, 3.05) is 0 Å². The van der Waals surface area contributed by atoms with E-state index in [4.69, 9.17) is 0 Å². The molecule has 1 saturated carbocycles. The van der Waals surface area contributed by atoms with Gasteiger partial charge < -0.3 is 0 Å². The van der Waals surface area contributed by atoms with Gasteiger partial charge in [-0.3, -0.25) is 0 Å². The van der Waals surface area contributed by atoms with Crippen molar-refractivity contribution in [3.63, 3.8) is 0 Å². The Labute approximate surface area is 133 Å². The topological polar surface area (TPSA) is 52.6 Å². The van der Waals surface area contributed by atoms with Gasteiger partial charge in [0.05, 0.1) is 0 Å². The smallest absolute Gasteiger partial charge is 0.242 e. The summed E-state index contributed by atoms with van der Waals surface area (Å²) in [6, 6.07) is 0. The molecule has 0 amide bonds. The van der Waals surface area contributed by atoms with Gasteiger partial charge in [0.1, 0.15) is 0 Å². The highest BCUT2D eigenvalue weighted by Crippen LogP contribution is 2.35. The molecule has 1 rings (SSSR count). The predicted molar refractivity (Wildman–Crippen MR) is 85.7 cm³/mol. The van der Waals surface area contributed by atoms with Crippen molar-refractivity contribution >= 4 is 11.9 Å². The van der Waals surface area contributed by atoms with Crippen LogP contribution < -0.4 is 0 Å². The van der Waals surface area contributed by atoms with Crippen molar-refractivity contribution in [3.8, 4) is 0 Å². The van der Waals surface area contributed by atoms with E-state index in [2.05, 4.69) is 30.2 Å². The molecule has 0 aliphatic heterocycles. The van der Waals surface area contributed by atoms with Crippen molar-refractivity contribution in [1.82, 2.24) is 0 Å². The Morgan fingerprint density at radius 2 is 1.59 bits per heavy atom. The highest BCUT2D eigenvalue weighted by Gasteiger charge is 2.24. The fraction of sp³-hybridized carbons (Fsp3) is 0.667. The molecule has 0 aromatic carbocycles. The molecule has 0 aromatic heterocycles. The predicted octanol–water partition coefficient (Wildman–Crippen LogP) is 4.51. The quantitative estimate of drug-likeness (QED) is 0.426. The maximum atomic E-state index is 12.1. The summed E-state index contributed by atoms with van der Waals surface area (Å²) >= 11 is 0. The number of allylic oxidation sites excluding steroid dienone is 1. The molecular formula is C18H28O4.